The van der Waals surface area contributed by atoms with Gasteiger partial charge in [0.25, 0.3) is 5.91 Å². The van der Waals surface area contributed by atoms with Gasteiger partial charge in [-0.3, -0.25) is 19.6 Å². The lowest BCUT2D eigenvalue weighted by atomic mass is 9.79. The van der Waals surface area contributed by atoms with Gasteiger partial charge in [0.15, 0.2) is 12.4 Å². The average molecular weight is 691 g/mol. The molecule has 4 rings (SSSR count). The van der Waals surface area contributed by atoms with Gasteiger partial charge in [0, 0.05) is 36.0 Å². The van der Waals surface area contributed by atoms with Crippen LogP contribution in [0.2, 0.25) is 0 Å². The molecule has 0 fully saturated rings. The number of hydrazone groups is 1. The number of fused-ring (bicyclic) bond motifs is 1. The Bertz CT molecular complexity index is 1740. The molecule has 8 nitrogen and oxygen atoms in total. The van der Waals surface area contributed by atoms with Crippen LogP contribution in [0.15, 0.2) is 71.6 Å². The molecule has 2 aromatic carbocycles. The molecule has 1 amide bonds. The zero-order valence-electron chi connectivity index (χ0n) is 27.3. The summed E-state index contributed by atoms with van der Waals surface area (Å²) in [5, 5.41) is 9.57. The van der Waals surface area contributed by atoms with Crippen molar-refractivity contribution >= 4 is 34.8 Å². The molecule has 0 spiro atoms. The lowest BCUT2D eigenvalue weighted by Crippen LogP contribution is -2.52. The quantitative estimate of drug-likeness (QED) is 0.153. The summed E-state index contributed by atoms with van der Waals surface area (Å²) in [7, 11) is 0. The number of alkyl halides is 6. The van der Waals surface area contributed by atoms with Gasteiger partial charge in [-0.05, 0) is 61.2 Å². The molecule has 1 aliphatic heterocycles. The van der Waals surface area contributed by atoms with Crippen molar-refractivity contribution in [1.29, 1.82) is 0 Å². The van der Waals surface area contributed by atoms with Crippen molar-refractivity contribution in [3.8, 4) is 0 Å². The SMILES string of the molecule is CCCCC(C(=O)COC(=O)c1c(C(F)(F)F)cccc1C(F)(F)F)N1C=C([C@@](C)(NC(=O)c2ccc3ncccc3c2)C(C)C)CC=N1. The number of nitrogens with zero attached hydrogens (tertiary/aromatic N) is 3. The number of ketones is 1. The minimum absolute atomic E-state index is 0.152. The van der Waals surface area contributed by atoms with Gasteiger partial charge < -0.3 is 10.1 Å². The highest BCUT2D eigenvalue weighted by Crippen LogP contribution is 2.40. The molecular weight excluding hydrogens is 654 g/mol. The molecule has 1 unspecified atom stereocenters. The van der Waals surface area contributed by atoms with Gasteiger partial charge in [-0.25, -0.2) is 4.79 Å². The Labute approximate surface area is 279 Å². The Hall–Kier alpha value is -4.75. The number of unbranched alkanes of at least 4 members (excludes halogenated alkanes) is 1. The summed E-state index contributed by atoms with van der Waals surface area (Å²) in [5.41, 5.74) is -4.49. The molecule has 0 bridgehead atoms. The van der Waals surface area contributed by atoms with E-state index < -0.39 is 59.0 Å². The number of esters is 1. The van der Waals surface area contributed by atoms with E-state index in [1.54, 1.807) is 36.7 Å². The maximum absolute atomic E-state index is 13.6. The van der Waals surface area contributed by atoms with Gasteiger partial charge in [-0.15, -0.1) is 0 Å². The lowest BCUT2D eigenvalue weighted by molar-refractivity contribution is -0.144. The standard InChI is InChI=1S/C35H36F6N4O4/c1-5-6-12-28(29(46)20-49-32(48)30-25(34(36,37)38)10-7-11-26(30)35(39,40)41)45-19-24(15-17-43-45)33(4,21(2)3)44-31(47)23-13-14-27-22(18-23)9-8-16-42-27/h7-11,13-14,16-19,21,28H,5-6,12,15,20H2,1-4H3,(H,44,47)/t28?,33-/m0/s1. The third-order valence-corrected chi connectivity index (χ3v) is 8.62. The topological polar surface area (TPSA) is 101 Å². The first-order valence-electron chi connectivity index (χ1n) is 15.6. The van der Waals surface area contributed by atoms with Crippen LogP contribution >= 0.6 is 0 Å². The van der Waals surface area contributed by atoms with Crippen LogP contribution < -0.4 is 5.32 Å². The molecule has 49 heavy (non-hydrogen) atoms. The molecular formula is C35H36F6N4O4. The molecule has 14 heteroatoms. The number of pyridine rings is 1. The molecule has 0 aliphatic carbocycles. The summed E-state index contributed by atoms with van der Waals surface area (Å²) in [5.74, 6) is -3.21. The summed E-state index contributed by atoms with van der Waals surface area (Å²) in [6.45, 7) is 6.43. The van der Waals surface area contributed by atoms with Gasteiger partial charge in [0.05, 0.1) is 27.7 Å². The maximum atomic E-state index is 13.6. The van der Waals surface area contributed by atoms with Crippen LogP contribution in [0.25, 0.3) is 10.9 Å². The van der Waals surface area contributed by atoms with Crippen LogP contribution in [0.1, 0.15) is 85.2 Å². The minimum Gasteiger partial charge on any atom is -0.454 e. The second kappa shape index (κ2) is 14.8. The van der Waals surface area contributed by atoms with Gasteiger partial charge >= 0.3 is 18.3 Å². The number of carbonyl (C=O) groups is 3. The van der Waals surface area contributed by atoms with Crippen LogP contribution in [-0.4, -0.2) is 52.1 Å². The largest absolute Gasteiger partial charge is 0.454 e. The predicted octanol–water partition coefficient (Wildman–Crippen LogP) is 7.98. The number of nitrogens with one attached hydrogen (secondary N) is 1. The molecule has 262 valence electrons. The van der Waals surface area contributed by atoms with Crippen LogP contribution in [0.4, 0.5) is 26.3 Å². The van der Waals surface area contributed by atoms with E-state index in [9.17, 15) is 40.7 Å². The van der Waals surface area contributed by atoms with Crippen molar-refractivity contribution in [3.63, 3.8) is 0 Å². The summed E-state index contributed by atoms with van der Waals surface area (Å²) < 4.78 is 86.5. The number of aromatic nitrogens is 1. The van der Waals surface area contributed by atoms with E-state index in [1.165, 1.54) is 11.2 Å². The third-order valence-electron chi connectivity index (χ3n) is 8.62. The highest BCUT2D eigenvalue weighted by Gasteiger charge is 2.44. The Balaban J connectivity index is 1.58. The van der Waals surface area contributed by atoms with Crippen molar-refractivity contribution in [3.05, 3.63) is 88.8 Å². The number of rotatable bonds is 12. The fraction of sp³-hybridized carbons (Fsp3) is 0.400. The van der Waals surface area contributed by atoms with E-state index in [2.05, 4.69) is 15.4 Å². The Kier molecular flexibility index (Phi) is 11.2. The van der Waals surface area contributed by atoms with Gasteiger partial charge in [-0.2, -0.15) is 31.4 Å². The van der Waals surface area contributed by atoms with Crippen LogP contribution in [0, 0.1) is 5.92 Å². The van der Waals surface area contributed by atoms with Crippen molar-refractivity contribution in [2.45, 2.75) is 77.3 Å². The van der Waals surface area contributed by atoms with E-state index in [1.807, 2.05) is 33.8 Å². The smallest absolute Gasteiger partial charge is 0.417 e. The maximum Gasteiger partial charge on any atom is 0.417 e. The van der Waals surface area contributed by atoms with E-state index in [0.29, 0.717) is 48.6 Å². The molecule has 1 aliphatic rings. The Morgan fingerprint density at radius 1 is 0.980 bits per heavy atom. The van der Waals surface area contributed by atoms with Crippen molar-refractivity contribution in [2.24, 2.45) is 11.0 Å². The fourth-order valence-electron chi connectivity index (χ4n) is 5.50. The molecule has 0 saturated heterocycles. The summed E-state index contributed by atoms with van der Waals surface area (Å²) in [4.78, 5) is 44.0. The summed E-state index contributed by atoms with van der Waals surface area (Å²) in [6, 6.07) is 8.90. The number of amides is 1. The highest BCUT2D eigenvalue weighted by atomic mass is 19.4. The van der Waals surface area contributed by atoms with Crippen LogP contribution in [0.5, 0.6) is 0 Å². The highest BCUT2D eigenvalue weighted by molar-refractivity contribution is 5.99. The number of benzene rings is 2. The first-order valence-corrected chi connectivity index (χ1v) is 15.6. The Morgan fingerprint density at radius 2 is 1.65 bits per heavy atom. The number of ether oxygens (including phenoxy) is 1. The number of hydrogen-bond acceptors (Lipinski definition) is 7. The second-order valence-corrected chi connectivity index (χ2v) is 12.2. The van der Waals surface area contributed by atoms with E-state index in [-0.39, 0.29) is 18.2 Å². The average Bonchev–Trinajstić information content (AvgIpc) is 3.05. The first kappa shape index (κ1) is 37.1. The molecule has 2 atom stereocenters. The monoisotopic (exact) mass is 690 g/mol. The summed E-state index contributed by atoms with van der Waals surface area (Å²) in [6.07, 6.45) is -4.14. The van der Waals surface area contributed by atoms with E-state index in [4.69, 9.17) is 4.74 Å². The molecule has 2 heterocycles. The van der Waals surface area contributed by atoms with Gasteiger partial charge in [0.1, 0.15) is 6.04 Å². The second-order valence-electron chi connectivity index (χ2n) is 12.2. The molecule has 1 N–H and O–H groups in total. The van der Waals surface area contributed by atoms with Crippen molar-refractivity contribution in [1.82, 2.24) is 15.3 Å². The Morgan fingerprint density at radius 3 is 2.27 bits per heavy atom. The van der Waals surface area contributed by atoms with Crippen LogP contribution in [0.3, 0.4) is 0 Å². The third kappa shape index (κ3) is 8.46. The number of carbonyl (C=O) groups excluding carboxylic acids is 3. The van der Waals surface area contributed by atoms with E-state index >= 15 is 0 Å². The number of halogens is 6. The first-order chi connectivity index (χ1) is 23.0. The molecule has 0 saturated carbocycles. The zero-order chi connectivity index (χ0) is 36.1. The van der Waals surface area contributed by atoms with Crippen LogP contribution in [-0.2, 0) is 21.9 Å². The van der Waals surface area contributed by atoms with Crippen molar-refractivity contribution in [2.75, 3.05) is 6.61 Å². The normalized spacial score (nSPS) is 15.5. The fourth-order valence-corrected chi connectivity index (χ4v) is 5.50. The number of hydrogen-bond donors (Lipinski definition) is 1. The molecule has 3 aromatic rings. The van der Waals surface area contributed by atoms with Crippen molar-refractivity contribution < 1.29 is 45.5 Å². The summed E-state index contributed by atoms with van der Waals surface area (Å²) >= 11 is 0. The molecule has 1 aromatic heterocycles. The van der Waals surface area contributed by atoms with Gasteiger partial charge in [-0.1, -0.05) is 45.7 Å². The lowest BCUT2D eigenvalue weighted by Gasteiger charge is -2.40. The molecule has 0 radical (unpaired) electrons. The predicted molar refractivity (Wildman–Crippen MR) is 171 cm³/mol. The van der Waals surface area contributed by atoms with Gasteiger partial charge in [0.2, 0.25) is 0 Å². The minimum atomic E-state index is -5.29. The van der Waals surface area contributed by atoms with E-state index in [0.717, 1.165) is 10.9 Å². The number of Topliss-reactive ketones (excluding diaryl/α,β-unsaturated/α-hetero) is 1. The zero-order valence-corrected chi connectivity index (χ0v) is 27.3.